The SMILES string of the molecule is O=C(O)CC1CCN(C(=O)OC2c3nccnc3C(=O)N2c2ccc(Cl)cn2)CC1. The Bertz CT molecular complexity index is 978. The standard InChI is InChI=1S/C19H18ClN5O5/c20-12-1-2-13(23-10-12)25-17(28)15-16(22-6-5-21-15)18(25)30-19(29)24-7-3-11(4-8-24)9-14(26)27/h1-2,5-6,10-11,18H,3-4,7-9H2,(H,26,27). The summed E-state index contributed by atoms with van der Waals surface area (Å²) in [6, 6.07) is 3.12. The molecule has 30 heavy (non-hydrogen) atoms. The van der Waals surface area contributed by atoms with Crippen molar-refractivity contribution in [1.82, 2.24) is 19.9 Å². The van der Waals surface area contributed by atoms with Crippen molar-refractivity contribution in [1.29, 1.82) is 0 Å². The number of carboxylic acid groups (broad SMARTS) is 1. The monoisotopic (exact) mass is 431 g/mol. The maximum atomic E-state index is 12.9. The molecule has 2 amide bonds. The highest BCUT2D eigenvalue weighted by Gasteiger charge is 2.44. The second kappa shape index (κ2) is 8.23. The summed E-state index contributed by atoms with van der Waals surface area (Å²) in [5.41, 5.74) is 0.320. The highest BCUT2D eigenvalue weighted by molar-refractivity contribution is 6.30. The van der Waals surface area contributed by atoms with Crippen molar-refractivity contribution in [3.05, 3.63) is 47.1 Å². The van der Waals surface area contributed by atoms with Crippen LogP contribution in [0.25, 0.3) is 0 Å². The van der Waals surface area contributed by atoms with Gasteiger partial charge in [0.25, 0.3) is 5.91 Å². The van der Waals surface area contributed by atoms with Crippen LogP contribution in [0.5, 0.6) is 0 Å². The number of ether oxygens (including phenoxy) is 1. The van der Waals surface area contributed by atoms with E-state index in [-0.39, 0.29) is 29.5 Å². The van der Waals surface area contributed by atoms with E-state index in [1.807, 2.05) is 0 Å². The lowest BCUT2D eigenvalue weighted by Crippen LogP contribution is -2.41. The van der Waals surface area contributed by atoms with Crippen LogP contribution in [-0.4, -0.2) is 56.0 Å². The second-order valence-electron chi connectivity index (χ2n) is 7.06. The molecule has 0 aliphatic carbocycles. The quantitative estimate of drug-likeness (QED) is 0.782. The first-order valence-corrected chi connectivity index (χ1v) is 9.75. The number of hydrogen-bond acceptors (Lipinski definition) is 7. The Kier molecular flexibility index (Phi) is 5.49. The zero-order valence-corrected chi connectivity index (χ0v) is 16.5. The average Bonchev–Trinajstić information content (AvgIpc) is 3.01. The van der Waals surface area contributed by atoms with Crippen LogP contribution in [0.15, 0.2) is 30.7 Å². The Labute approximate surface area is 176 Å². The smallest absolute Gasteiger partial charge is 0.412 e. The largest absolute Gasteiger partial charge is 0.481 e. The van der Waals surface area contributed by atoms with Gasteiger partial charge >= 0.3 is 12.1 Å². The Morgan fingerprint density at radius 1 is 1.17 bits per heavy atom. The first-order valence-electron chi connectivity index (χ1n) is 9.37. The van der Waals surface area contributed by atoms with Gasteiger partial charge in [0.1, 0.15) is 11.5 Å². The number of aromatic nitrogens is 3. The summed E-state index contributed by atoms with van der Waals surface area (Å²) >= 11 is 5.89. The predicted octanol–water partition coefficient (Wildman–Crippen LogP) is 2.51. The number of piperidine rings is 1. The summed E-state index contributed by atoms with van der Waals surface area (Å²) in [6.07, 6.45) is 3.70. The number of carbonyl (C=O) groups is 3. The summed E-state index contributed by atoms with van der Waals surface area (Å²) < 4.78 is 5.66. The third-order valence-corrected chi connectivity index (χ3v) is 5.35. The molecular weight excluding hydrogens is 414 g/mol. The molecule has 1 saturated heterocycles. The average molecular weight is 432 g/mol. The fourth-order valence-electron chi connectivity index (χ4n) is 3.62. The summed E-state index contributed by atoms with van der Waals surface area (Å²) in [4.78, 5) is 51.7. The van der Waals surface area contributed by atoms with E-state index in [4.69, 9.17) is 21.4 Å². The van der Waals surface area contributed by atoms with Crippen molar-refractivity contribution in [3.8, 4) is 0 Å². The molecule has 11 heteroatoms. The molecule has 2 aliphatic heterocycles. The number of carbonyl (C=O) groups excluding carboxylic acids is 2. The lowest BCUT2D eigenvalue weighted by molar-refractivity contribution is -0.138. The minimum absolute atomic E-state index is 0.0287. The summed E-state index contributed by atoms with van der Waals surface area (Å²) in [5, 5.41) is 9.33. The first-order chi connectivity index (χ1) is 14.4. The maximum Gasteiger partial charge on any atom is 0.412 e. The third kappa shape index (κ3) is 3.90. The molecule has 1 N–H and O–H groups in total. The topological polar surface area (TPSA) is 126 Å². The van der Waals surface area contributed by atoms with Crippen LogP contribution in [0.4, 0.5) is 10.6 Å². The van der Waals surface area contributed by atoms with Crippen molar-refractivity contribution in [3.63, 3.8) is 0 Å². The highest BCUT2D eigenvalue weighted by Crippen LogP contribution is 2.36. The number of aliphatic carboxylic acids is 1. The normalized spacial score (nSPS) is 19.0. The van der Waals surface area contributed by atoms with E-state index in [1.54, 1.807) is 12.1 Å². The van der Waals surface area contributed by atoms with Gasteiger partial charge in [0.2, 0.25) is 6.23 Å². The van der Waals surface area contributed by atoms with Crippen LogP contribution >= 0.6 is 11.6 Å². The molecule has 0 aromatic carbocycles. The van der Waals surface area contributed by atoms with Crippen LogP contribution in [0.2, 0.25) is 5.02 Å². The van der Waals surface area contributed by atoms with Crippen LogP contribution in [0.1, 0.15) is 41.7 Å². The van der Waals surface area contributed by atoms with Crippen molar-refractivity contribution >= 4 is 35.4 Å². The molecule has 156 valence electrons. The van der Waals surface area contributed by atoms with Gasteiger partial charge in [0, 0.05) is 38.1 Å². The predicted molar refractivity (Wildman–Crippen MR) is 104 cm³/mol. The van der Waals surface area contributed by atoms with Gasteiger partial charge in [-0.05, 0) is 30.9 Å². The number of halogens is 1. The maximum absolute atomic E-state index is 12.9. The van der Waals surface area contributed by atoms with Gasteiger partial charge in [-0.25, -0.2) is 19.7 Å². The molecule has 10 nitrogen and oxygen atoms in total. The number of hydrogen-bond donors (Lipinski definition) is 1. The lowest BCUT2D eigenvalue weighted by Gasteiger charge is -2.32. The van der Waals surface area contributed by atoms with E-state index in [9.17, 15) is 14.4 Å². The summed E-state index contributed by atoms with van der Waals surface area (Å²) in [5.74, 6) is -1.05. The molecule has 4 heterocycles. The van der Waals surface area contributed by atoms with Gasteiger partial charge in [0.15, 0.2) is 5.69 Å². The summed E-state index contributed by atoms with van der Waals surface area (Å²) in [6.45, 7) is 0.758. The fourth-order valence-corrected chi connectivity index (χ4v) is 3.73. The molecule has 0 saturated carbocycles. The lowest BCUT2D eigenvalue weighted by atomic mass is 9.94. The van der Waals surface area contributed by atoms with Crippen molar-refractivity contribution in [2.45, 2.75) is 25.5 Å². The molecule has 0 radical (unpaired) electrons. The Morgan fingerprint density at radius 2 is 1.90 bits per heavy atom. The van der Waals surface area contributed by atoms with Gasteiger partial charge in [-0.1, -0.05) is 11.6 Å². The fraction of sp³-hybridized carbons (Fsp3) is 0.368. The van der Waals surface area contributed by atoms with Crippen LogP contribution in [0.3, 0.4) is 0 Å². The Balaban J connectivity index is 1.53. The number of nitrogens with zero attached hydrogens (tertiary/aromatic N) is 5. The van der Waals surface area contributed by atoms with Gasteiger partial charge in [-0.2, -0.15) is 0 Å². The number of amides is 2. The number of anilines is 1. The molecular formula is C19H18ClN5O5. The highest BCUT2D eigenvalue weighted by atomic mass is 35.5. The Morgan fingerprint density at radius 3 is 2.57 bits per heavy atom. The van der Waals surface area contributed by atoms with Crippen molar-refractivity contribution in [2.75, 3.05) is 18.0 Å². The molecule has 2 aliphatic rings. The molecule has 2 aromatic heterocycles. The number of fused-ring (bicyclic) bond motifs is 1. The Hall–Kier alpha value is -3.27. The molecule has 1 unspecified atom stereocenters. The molecule has 2 aromatic rings. The van der Waals surface area contributed by atoms with Gasteiger partial charge in [-0.15, -0.1) is 0 Å². The van der Waals surface area contributed by atoms with E-state index in [2.05, 4.69) is 15.0 Å². The third-order valence-electron chi connectivity index (χ3n) is 5.12. The second-order valence-corrected chi connectivity index (χ2v) is 7.50. The minimum Gasteiger partial charge on any atom is -0.481 e. The van der Waals surface area contributed by atoms with E-state index in [0.717, 1.165) is 0 Å². The first kappa shape index (κ1) is 20.0. The van der Waals surface area contributed by atoms with Gasteiger partial charge < -0.3 is 14.7 Å². The minimum atomic E-state index is -1.11. The van der Waals surface area contributed by atoms with E-state index in [0.29, 0.717) is 31.0 Å². The molecule has 1 fully saturated rings. The van der Waals surface area contributed by atoms with Gasteiger partial charge in [0.05, 0.1) is 5.02 Å². The molecule has 4 rings (SSSR count). The van der Waals surface area contributed by atoms with E-state index in [1.165, 1.54) is 28.4 Å². The molecule has 1 atom stereocenters. The van der Waals surface area contributed by atoms with Gasteiger partial charge in [-0.3, -0.25) is 14.6 Å². The number of rotatable bonds is 4. The molecule has 0 spiro atoms. The number of carboxylic acids is 1. The molecule has 0 bridgehead atoms. The van der Waals surface area contributed by atoms with Crippen LogP contribution in [0, 0.1) is 5.92 Å². The zero-order valence-electron chi connectivity index (χ0n) is 15.8. The van der Waals surface area contributed by atoms with Crippen LogP contribution in [-0.2, 0) is 9.53 Å². The van der Waals surface area contributed by atoms with E-state index >= 15 is 0 Å². The summed E-state index contributed by atoms with van der Waals surface area (Å²) in [7, 11) is 0. The number of pyridine rings is 1. The van der Waals surface area contributed by atoms with E-state index < -0.39 is 24.2 Å². The van der Waals surface area contributed by atoms with Crippen molar-refractivity contribution in [2.24, 2.45) is 5.92 Å². The zero-order chi connectivity index (χ0) is 21.3. The van der Waals surface area contributed by atoms with Crippen LogP contribution < -0.4 is 4.90 Å². The van der Waals surface area contributed by atoms with Crippen molar-refractivity contribution < 1.29 is 24.2 Å². The number of likely N-dealkylation sites (tertiary alicyclic amines) is 1.